The van der Waals surface area contributed by atoms with Crippen LogP contribution in [0.15, 0.2) is 48.5 Å². The quantitative estimate of drug-likeness (QED) is 0.363. The third-order valence-electron chi connectivity index (χ3n) is 5.26. The Morgan fingerprint density at radius 3 is 2.48 bits per heavy atom. The minimum atomic E-state index is -0.962. The van der Waals surface area contributed by atoms with Crippen LogP contribution in [0.5, 0.6) is 0 Å². The zero-order chi connectivity index (χ0) is 22.1. The van der Waals surface area contributed by atoms with Crippen molar-refractivity contribution in [3.05, 3.63) is 70.9 Å². The number of nitrogens with zero attached hydrogens (tertiary/aromatic N) is 1. The van der Waals surface area contributed by atoms with Crippen molar-refractivity contribution in [3.8, 4) is 0 Å². The molecular weight excluding hydrogens is 398 g/mol. The highest BCUT2D eigenvalue weighted by molar-refractivity contribution is 6.11. The monoisotopic (exact) mass is 419 g/mol. The van der Waals surface area contributed by atoms with E-state index in [0.29, 0.717) is 11.1 Å². The first kappa shape index (κ1) is 20.3. The van der Waals surface area contributed by atoms with E-state index in [-0.39, 0.29) is 30.3 Å². The van der Waals surface area contributed by atoms with E-state index in [9.17, 15) is 19.2 Å². The molecular formula is C23H21N3O5. The summed E-state index contributed by atoms with van der Waals surface area (Å²) in [6.45, 7) is 3.47. The van der Waals surface area contributed by atoms with Crippen LogP contribution in [0.4, 0.5) is 4.79 Å². The number of ether oxygens (including phenoxy) is 1. The van der Waals surface area contributed by atoms with E-state index in [1.807, 2.05) is 31.2 Å². The molecule has 1 aliphatic rings. The summed E-state index contributed by atoms with van der Waals surface area (Å²) in [4.78, 5) is 53.1. The first-order valence-electron chi connectivity index (χ1n) is 9.85. The lowest BCUT2D eigenvalue weighted by atomic mass is 10.0. The number of rotatable bonds is 6. The van der Waals surface area contributed by atoms with Crippen molar-refractivity contribution >= 4 is 34.6 Å². The Bertz CT molecular complexity index is 1180. The lowest BCUT2D eigenvalue weighted by Crippen LogP contribution is -2.30. The number of fused-ring (bicyclic) bond motifs is 1. The van der Waals surface area contributed by atoms with Gasteiger partial charge >= 0.3 is 12.0 Å². The molecule has 2 heterocycles. The predicted molar refractivity (Wildman–Crippen MR) is 113 cm³/mol. The molecule has 4 rings (SSSR count). The number of esters is 1. The largest absolute Gasteiger partial charge is 0.451 e. The van der Waals surface area contributed by atoms with E-state index in [2.05, 4.69) is 10.3 Å². The maximum atomic E-state index is 12.9. The van der Waals surface area contributed by atoms with Gasteiger partial charge in [-0.1, -0.05) is 30.3 Å². The Kier molecular flexibility index (Phi) is 5.29. The van der Waals surface area contributed by atoms with Gasteiger partial charge in [0.1, 0.15) is 0 Å². The molecule has 0 aliphatic carbocycles. The zero-order valence-electron chi connectivity index (χ0n) is 17.1. The molecule has 8 nitrogen and oxygen atoms in total. The van der Waals surface area contributed by atoms with Gasteiger partial charge in [0.15, 0.2) is 6.10 Å². The maximum Gasteiger partial charge on any atom is 0.338 e. The van der Waals surface area contributed by atoms with Gasteiger partial charge in [-0.2, -0.15) is 0 Å². The number of aromatic nitrogens is 1. The van der Waals surface area contributed by atoms with Crippen LogP contribution in [0, 0.1) is 6.92 Å². The van der Waals surface area contributed by atoms with Gasteiger partial charge in [0, 0.05) is 22.2 Å². The SMILES string of the molecule is Cc1[nH]c2ccccc2c1C(=O)C(C)OC(=O)c1ccc(CN2C(=O)CNC2=O)cc1. The first-order valence-corrected chi connectivity index (χ1v) is 9.85. The van der Waals surface area contributed by atoms with E-state index in [1.54, 1.807) is 31.2 Å². The van der Waals surface area contributed by atoms with Crippen LogP contribution < -0.4 is 5.32 Å². The predicted octanol–water partition coefficient (Wildman–Crippen LogP) is 2.96. The molecule has 8 heteroatoms. The fraction of sp³-hybridized carbons (Fsp3) is 0.217. The third kappa shape index (κ3) is 3.92. The number of aromatic amines is 1. The van der Waals surface area contributed by atoms with Crippen LogP contribution in [0.2, 0.25) is 0 Å². The van der Waals surface area contributed by atoms with Gasteiger partial charge in [0.25, 0.3) is 0 Å². The topological polar surface area (TPSA) is 109 Å². The lowest BCUT2D eigenvalue weighted by Gasteiger charge is -2.14. The maximum absolute atomic E-state index is 12.9. The van der Waals surface area contributed by atoms with Crippen LogP contribution in [0.25, 0.3) is 10.9 Å². The normalized spacial score (nSPS) is 14.6. The van der Waals surface area contributed by atoms with E-state index >= 15 is 0 Å². The summed E-state index contributed by atoms with van der Waals surface area (Å²) < 4.78 is 5.40. The van der Waals surface area contributed by atoms with Crippen LogP contribution in [0.3, 0.4) is 0 Å². The summed E-state index contributed by atoms with van der Waals surface area (Å²) in [6, 6.07) is 13.4. The van der Waals surface area contributed by atoms with E-state index < -0.39 is 18.1 Å². The van der Waals surface area contributed by atoms with E-state index in [4.69, 9.17) is 4.74 Å². The number of H-pyrrole nitrogens is 1. The average Bonchev–Trinajstić information content (AvgIpc) is 3.26. The zero-order valence-corrected chi connectivity index (χ0v) is 17.1. The van der Waals surface area contributed by atoms with Gasteiger partial charge in [-0.25, -0.2) is 9.59 Å². The molecule has 2 aromatic carbocycles. The molecule has 158 valence electrons. The number of imide groups is 1. The molecule has 1 aliphatic heterocycles. The Morgan fingerprint density at radius 1 is 1.10 bits per heavy atom. The van der Waals surface area contributed by atoms with Crippen LogP contribution >= 0.6 is 0 Å². The molecule has 1 unspecified atom stereocenters. The third-order valence-corrected chi connectivity index (χ3v) is 5.26. The summed E-state index contributed by atoms with van der Waals surface area (Å²) in [5, 5.41) is 3.25. The highest BCUT2D eigenvalue weighted by Gasteiger charge is 2.28. The highest BCUT2D eigenvalue weighted by Crippen LogP contribution is 2.24. The molecule has 3 aromatic rings. The highest BCUT2D eigenvalue weighted by atomic mass is 16.5. The number of Topliss-reactive ketones (excluding diaryl/α,β-unsaturated/α-hetero) is 1. The fourth-order valence-electron chi connectivity index (χ4n) is 3.62. The Hall–Kier alpha value is -3.94. The number of hydrogen-bond acceptors (Lipinski definition) is 5. The number of para-hydroxylation sites is 1. The minimum absolute atomic E-state index is 0.00887. The number of hydrogen-bond donors (Lipinski definition) is 2. The van der Waals surface area contributed by atoms with Crippen molar-refractivity contribution < 1.29 is 23.9 Å². The second kappa shape index (κ2) is 8.06. The minimum Gasteiger partial charge on any atom is -0.451 e. The molecule has 1 atom stereocenters. The van der Waals surface area contributed by atoms with Crippen LogP contribution in [0.1, 0.15) is 38.9 Å². The number of urea groups is 1. The lowest BCUT2D eigenvalue weighted by molar-refractivity contribution is -0.125. The number of ketones is 1. The number of aryl methyl sites for hydroxylation is 1. The number of nitrogens with one attached hydrogen (secondary N) is 2. The molecule has 31 heavy (non-hydrogen) atoms. The van der Waals surface area contributed by atoms with Crippen molar-refractivity contribution in [2.75, 3.05) is 6.54 Å². The smallest absolute Gasteiger partial charge is 0.338 e. The molecule has 0 saturated carbocycles. The van der Waals surface area contributed by atoms with Crippen molar-refractivity contribution in [2.24, 2.45) is 0 Å². The Morgan fingerprint density at radius 2 is 1.81 bits per heavy atom. The number of benzene rings is 2. The molecule has 0 radical (unpaired) electrons. The van der Waals surface area contributed by atoms with Gasteiger partial charge in [-0.15, -0.1) is 0 Å². The molecule has 0 spiro atoms. The van der Waals surface area contributed by atoms with Crippen molar-refractivity contribution in [2.45, 2.75) is 26.5 Å². The standard InChI is InChI=1S/C23H21N3O5/c1-13-20(17-5-3-4-6-18(17)25-13)21(28)14(2)31-22(29)16-9-7-15(8-10-16)12-26-19(27)11-24-23(26)30/h3-10,14,25H,11-12H2,1-2H3,(H,24,30). The molecule has 1 fully saturated rings. The van der Waals surface area contributed by atoms with E-state index in [1.165, 1.54) is 0 Å². The first-order chi connectivity index (χ1) is 14.8. The Balaban J connectivity index is 1.44. The van der Waals surface area contributed by atoms with Gasteiger partial charge in [0.05, 0.1) is 18.7 Å². The van der Waals surface area contributed by atoms with Crippen LogP contribution in [-0.4, -0.2) is 46.2 Å². The number of amides is 3. The molecule has 0 bridgehead atoms. The van der Waals surface area contributed by atoms with Gasteiger partial charge in [0.2, 0.25) is 11.7 Å². The van der Waals surface area contributed by atoms with Crippen molar-refractivity contribution in [3.63, 3.8) is 0 Å². The van der Waals surface area contributed by atoms with Crippen LogP contribution in [-0.2, 0) is 16.1 Å². The molecule has 1 aromatic heterocycles. The van der Waals surface area contributed by atoms with E-state index in [0.717, 1.165) is 21.5 Å². The molecule has 2 N–H and O–H groups in total. The van der Waals surface area contributed by atoms with Crippen molar-refractivity contribution in [1.29, 1.82) is 0 Å². The van der Waals surface area contributed by atoms with Gasteiger partial charge in [-0.05, 0) is 37.6 Å². The van der Waals surface area contributed by atoms with Gasteiger partial charge < -0.3 is 15.0 Å². The average molecular weight is 419 g/mol. The fourth-order valence-corrected chi connectivity index (χ4v) is 3.62. The van der Waals surface area contributed by atoms with Crippen molar-refractivity contribution in [1.82, 2.24) is 15.2 Å². The van der Waals surface area contributed by atoms with Gasteiger partial charge in [-0.3, -0.25) is 14.5 Å². The summed E-state index contributed by atoms with van der Waals surface area (Å²) in [7, 11) is 0. The summed E-state index contributed by atoms with van der Waals surface area (Å²) >= 11 is 0. The summed E-state index contributed by atoms with van der Waals surface area (Å²) in [5.74, 6) is -1.20. The number of carbonyl (C=O) groups excluding carboxylic acids is 4. The summed E-state index contributed by atoms with van der Waals surface area (Å²) in [5.41, 5.74) is 3.05. The molecule has 3 amide bonds. The summed E-state index contributed by atoms with van der Waals surface area (Å²) in [6.07, 6.45) is -0.962. The second-order valence-electron chi connectivity index (χ2n) is 7.42. The second-order valence-corrected chi connectivity index (χ2v) is 7.42. The number of carbonyl (C=O) groups is 4. The molecule has 1 saturated heterocycles. The Labute approximate surface area is 178 Å².